The summed E-state index contributed by atoms with van der Waals surface area (Å²) in [5.41, 5.74) is -0.276. The van der Waals surface area contributed by atoms with E-state index in [9.17, 15) is 5.26 Å². The third-order valence-electron chi connectivity index (χ3n) is 4.93. The van der Waals surface area contributed by atoms with Crippen molar-refractivity contribution in [2.75, 3.05) is 33.7 Å². The van der Waals surface area contributed by atoms with Crippen molar-refractivity contribution in [3.8, 4) is 6.07 Å². The minimum Gasteiger partial charge on any atom is -0.305 e. The van der Waals surface area contributed by atoms with Gasteiger partial charge in [-0.2, -0.15) is 5.26 Å². The average molecular weight is 278 g/mol. The largest absolute Gasteiger partial charge is 0.305 e. The molecule has 0 aromatic heterocycles. The van der Waals surface area contributed by atoms with Gasteiger partial charge in [-0.1, -0.05) is 6.92 Å². The Morgan fingerprint density at radius 1 is 1.35 bits per heavy atom. The predicted octanol–water partition coefficient (Wildman–Crippen LogP) is 1.83. The van der Waals surface area contributed by atoms with E-state index in [-0.39, 0.29) is 5.54 Å². The van der Waals surface area contributed by atoms with Crippen LogP contribution in [0.25, 0.3) is 0 Å². The molecule has 2 unspecified atom stereocenters. The van der Waals surface area contributed by atoms with Gasteiger partial charge in [-0.25, -0.2) is 0 Å². The molecule has 0 spiro atoms. The van der Waals surface area contributed by atoms with Gasteiger partial charge in [-0.05, 0) is 65.7 Å². The summed E-state index contributed by atoms with van der Waals surface area (Å²) < 4.78 is 0. The van der Waals surface area contributed by atoms with Gasteiger partial charge in [0.25, 0.3) is 0 Å². The van der Waals surface area contributed by atoms with Gasteiger partial charge in [0, 0.05) is 18.6 Å². The minimum absolute atomic E-state index is 0.276. The zero-order chi connectivity index (χ0) is 14.6. The molecule has 0 aromatic rings. The standard InChI is InChI=1S/C16H30N4/c1-4-16(13-17,18-14-6-7-14)9-5-10-20-11-8-15(12-20)19(2)3/h14-15,18H,4-12H2,1-3H3. The summed E-state index contributed by atoms with van der Waals surface area (Å²) in [5, 5.41) is 13.1. The SMILES string of the molecule is CCC(C#N)(CCCN1CCC(N(C)C)C1)NC1CC1. The van der Waals surface area contributed by atoms with E-state index >= 15 is 0 Å². The highest BCUT2D eigenvalue weighted by atomic mass is 15.2. The minimum atomic E-state index is -0.276. The Bertz CT molecular complexity index is 345. The molecule has 2 atom stereocenters. The number of likely N-dealkylation sites (tertiary alicyclic amines) is 1. The fourth-order valence-electron chi connectivity index (χ4n) is 3.18. The van der Waals surface area contributed by atoms with Gasteiger partial charge in [0.15, 0.2) is 0 Å². The maximum Gasteiger partial charge on any atom is 0.106 e. The van der Waals surface area contributed by atoms with Crippen LogP contribution in [0.5, 0.6) is 0 Å². The summed E-state index contributed by atoms with van der Waals surface area (Å²) in [4.78, 5) is 4.89. The molecule has 0 radical (unpaired) electrons. The number of nitriles is 1. The van der Waals surface area contributed by atoms with Crippen LogP contribution in [0.2, 0.25) is 0 Å². The van der Waals surface area contributed by atoms with E-state index in [1.54, 1.807) is 0 Å². The molecule has 0 amide bonds. The quantitative estimate of drug-likeness (QED) is 0.735. The van der Waals surface area contributed by atoms with Crippen LogP contribution in [0, 0.1) is 11.3 Å². The Kier molecular flexibility index (Phi) is 5.42. The Morgan fingerprint density at radius 3 is 2.60 bits per heavy atom. The number of likely N-dealkylation sites (N-methyl/N-ethyl adjacent to an activating group) is 1. The van der Waals surface area contributed by atoms with E-state index in [0.29, 0.717) is 12.1 Å². The number of rotatable bonds is 8. The topological polar surface area (TPSA) is 42.3 Å². The van der Waals surface area contributed by atoms with Crippen LogP contribution >= 0.6 is 0 Å². The van der Waals surface area contributed by atoms with Crippen molar-refractivity contribution in [2.45, 2.75) is 63.1 Å². The number of nitrogens with one attached hydrogen (secondary N) is 1. The maximum absolute atomic E-state index is 9.53. The summed E-state index contributed by atoms with van der Waals surface area (Å²) in [6, 6.07) is 3.88. The molecule has 1 heterocycles. The van der Waals surface area contributed by atoms with E-state index < -0.39 is 0 Å². The zero-order valence-corrected chi connectivity index (χ0v) is 13.4. The molecule has 1 N–H and O–H groups in total. The molecule has 0 aromatic carbocycles. The number of hydrogen-bond acceptors (Lipinski definition) is 4. The second kappa shape index (κ2) is 6.89. The van der Waals surface area contributed by atoms with Crippen LogP contribution in [0.1, 0.15) is 45.4 Å². The van der Waals surface area contributed by atoms with Crippen LogP contribution in [0.4, 0.5) is 0 Å². The zero-order valence-electron chi connectivity index (χ0n) is 13.4. The summed E-state index contributed by atoms with van der Waals surface area (Å²) in [6.07, 6.45) is 6.81. The third kappa shape index (κ3) is 4.18. The second-order valence-electron chi connectivity index (χ2n) is 6.78. The van der Waals surface area contributed by atoms with E-state index in [1.165, 1.54) is 32.4 Å². The molecule has 1 aliphatic carbocycles. The summed E-state index contributed by atoms with van der Waals surface area (Å²) in [5.74, 6) is 0. The molecule has 1 saturated carbocycles. The summed E-state index contributed by atoms with van der Waals surface area (Å²) in [7, 11) is 4.34. The van der Waals surface area contributed by atoms with Gasteiger partial charge < -0.3 is 9.80 Å². The van der Waals surface area contributed by atoms with Gasteiger partial charge in [0.1, 0.15) is 5.54 Å². The highest BCUT2D eigenvalue weighted by Gasteiger charge is 2.34. The second-order valence-corrected chi connectivity index (χ2v) is 6.78. The molecular weight excluding hydrogens is 248 g/mol. The highest BCUT2D eigenvalue weighted by Crippen LogP contribution is 2.27. The van der Waals surface area contributed by atoms with Crippen LogP contribution in [0.3, 0.4) is 0 Å². The van der Waals surface area contributed by atoms with Crippen LogP contribution < -0.4 is 5.32 Å². The van der Waals surface area contributed by atoms with Gasteiger partial charge in [-0.3, -0.25) is 5.32 Å². The third-order valence-corrected chi connectivity index (χ3v) is 4.93. The lowest BCUT2D eigenvalue weighted by atomic mass is 9.91. The van der Waals surface area contributed by atoms with Crippen molar-refractivity contribution < 1.29 is 0 Å². The molecule has 1 saturated heterocycles. The van der Waals surface area contributed by atoms with Crippen molar-refractivity contribution in [1.82, 2.24) is 15.1 Å². The molecule has 2 fully saturated rings. The lowest BCUT2D eigenvalue weighted by molar-refractivity contribution is 0.256. The van der Waals surface area contributed by atoms with E-state index in [2.05, 4.69) is 42.2 Å². The lowest BCUT2D eigenvalue weighted by Crippen LogP contribution is -2.45. The van der Waals surface area contributed by atoms with Gasteiger partial charge in [0.2, 0.25) is 0 Å². The average Bonchev–Trinajstić information content (AvgIpc) is 3.12. The van der Waals surface area contributed by atoms with Crippen molar-refractivity contribution in [3.63, 3.8) is 0 Å². The van der Waals surface area contributed by atoms with Crippen molar-refractivity contribution >= 4 is 0 Å². The van der Waals surface area contributed by atoms with Crippen LogP contribution in [-0.4, -0.2) is 61.2 Å². The molecule has 4 heteroatoms. The molecule has 0 bridgehead atoms. The Morgan fingerprint density at radius 2 is 2.10 bits per heavy atom. The van der Waals surface area contributed by atoms with Crippen LogP contribution in [0.15, 0.2) is 0 Å². The Hall–Kier alpha value is -0.630. The monoisotopic (exact) mass is 278 g/mol. The highest BCUT2D eigenvalue weighted by molar-refractivity contribution is 5.09. The van der Waals surface area contributed by atoms with Gasteiger partial charge in [-0.15, -0.1) is 0 Å². The van der Waals surface area contributed by atoms with E-state index in [0.717, 1.165) is 25.8 Å². The van der Waals surface area contributed by atoms with Crippen LogP contribution in [-0.2, 0) is 0 Å². The molecule has 20 heavy (non-hydrogen) atoms. The van der Waals surface area contributed by atoms with E-state index in [1.807, 2.05) is 0 Å². The molecule has 2 aliphatic rings. The number of nitrogens with zero attached hydrogens (tertiary/aromatic N) is 3. The van der Waals surface area contributed by atoms with Gasteiger partial charge in [0.05, 0.1) is 6.07 Å². The van der Waals surface area contributed by atoms with Crippen molar-refractivity contribution in [1.29, 1.82) is 5.26 Å². The van der Waals surface area contributed by atoms with Gasteiger partial charge >= 0.3 is 0 Å². The molecule has 2 rings (SSSR count). The van der Waals surface area contributed by atoms with E-state index in [4.69, 9.17) is 0 Å². The number of hydrogen-bond donors (Lipinski definition) is 1. The first-order chi connectivity index (χ1) is 9.58. The first-order valence-corrected chi connectivity index (χ1v) is 8.16. The molecule has 4 nitrogen and oxygen atoms in total. The fraction of sp³-hybridized carbons (Fsp3) is 0.938. The summed E-state index contributed by atoms with van der Waals surface area (Å²) >= 11 is 0. The normalized spacial score (nSPS) is 26.6. The Balaban J connectivity index is 1.72. The predicted molar refractivity (Wildman–Crippen MR) is 82.6 cm³/mol. The maximum atomic E-state index is 9.53. The summed E-state index contributed by atoms with van der Waals surface area (Å²) in [6.45, 7) is 5.68. The fourth-order valence-corrected chi connectivity index (χ4v) is 3.18. The first-order valence-electron chi connectivity index (χ1n) is 8.16. The molecular formula is C16H30N4. The lowest BCUT2D eigenvalue weighted by Gasteiger charge is -2.28. The molecule has 114 valence electrons. The Labute approximate surface area is 124 Å². The van der Waals surface area contributed by atoms with Crippen molar-refractivity contribution in [3.05, 3.63) is 0 Å². The first kappa shape index (κ1) is 15.8. The smallest absolute Gasteiger partial charge is 0.106 e. The van der Waals surface area contributed by atoms with Crippen molar-refractivity contribution in [2.24, 2.45) is 0 Å². The molecule has 1 aliphatic heterocycles.